The van der Waals surface area contributed by atoms with E-state index in [0.29, 0.717) is 48.3 Å². The first-order valence-corrected chi connectivity index (χ1v) is 10.9. The minimum atomic E-state index is -0.0654. The van der Waals surface area contributed by atoms with Gasteiger partial charge in [0.05, 0.1) is 17.6 Å². The zero-order chi connectivity index (χ0) is 22.1. The lowest BCUT2D eigenvalue weighted by Gasteiger charge is -2.12. The van der Waals surface area contributed by atoms with Gasteiger partial charge in [-0.3, -0.25) is 9.36 Å². The molecule has 0 bridgehead atoms. The summed E-state index contributed by atoms with van der Waals surface area (Å²) in [6.07, 6.45) is 1.40. The predicted octanol–water partition coefficient (Wildman–Crippen LogP) is 3.94. The fourth-order valence-electron chi connectivity index (χ4n) is 4.22. The normalized spacial score (nSPS) is 11.7. The van der Waals surface area contributed by atoms with Gasteiger partial charge in [-0.05, 0) is 24.1 Å². The number of ether oxygens (including phenoxy) is 1. The van der Waals surface area contributed by atoms with E-state index in [2.05, 4.69) is 12.1 Å². The molecule has 0 N–H and O–H groups in total. The van der Waals surface area contributed by atoms with E-state index in [1.807, 2.05) is 54.0 Å². The van der Waals surface area contributed by atoms with Crippen LogP contribution in [0.1, 0.15) is 24.7 Å². The van der Waals surface area contributed by atoms with Gasteiger partial charge in [0.1, 0.15) is 16.7 Å². The number of rotatable bonds is 7. The average Bonchev–Trinajstić information content (AvgIpc) is 3.12. The summed E-state index contributed by atoms with van der Waals surface area (Å²) in [6, 6.07) is 17.9. The largest absolute Gasteiger partial charge is 0.385 e. The third kappa shape index (κ3) is 3.44. The maximum absolute atomic E-state index is 13.7. The standard InChI is InChI=1S/C25H25N5O2/c1-3-20-28-23-21(25(31)29(20)14-9-15-32-2)22-24(27-19-13-8-7-12-18(19)26-22)30(23)16-17-10-5-4-6-11-17/h4-8,10-13H,3,9,14-16H2,1-2H3. The van der Waals surface area contributed by atoms with Crippen molar-refractivity contribution < 1.29 is 4.74 Å². The highest BCUT2D eigenvalue weighted by Gasteiger charge is 2.21. The molecule has 3 aromatic heterocycles. The third-order valence-corrected chi connectivity index (χ3v) is 5.76. The minimum absolute atomic E-state index is 0.0654. The van der Waals surface area contributed by atoms with Crippen molar-refractivity contribution in [3.05, 3.63) is 76.3 Å². The summed E-state index contributed by atoms with van der Waals surface area (Å²) >= 11 is 0. The molecule has 0 unspecified atom stereocenters. The summed E-state index contributed by atoms with van der Waals surface area (Å²) in [4.78, 5) is 28.4. The van der Waals surface area contributed by atoms with Crippen LogP contribution in [0, 0.1) is 0 Å². The Morgan fingerprint density at radius 3 is 2.31 bits per heavy atom. The predicted molar refractivity (Wildman–Crippen MR) is 126 cm³/mol. The van der Waals surface area contributed by atoms with Crippen molar-refractivity contribution in [2.24, 2.45) is 0 Å². The number of hydrogen-bond acceptors (Lipinski definition) is 5. The molecule has 162 valence electrons. The molecule has 0 aliphatic carbocycles. The molecule has 0 atom stereocenters. The second kappa shape index (κ2) is 8.51. The van der Waals surface area contributed by atoms with Crippen molar-refractivity contribution in [1.29, 1.82) is 0 Å². The van der Waals surface area contributed by atoms with Gasteiger partial charge < -0.3 is 9.30 Å². The van der Waals surface area contributed by atoms with Gasteiger partial charge in [-0.1, -0.05) is 49.4 Å². The van der Waals surface area contributed by atoms with Gasteiger partial charge in [0, 0.05) is 26.7 Å². The maximum atomic E-state index is 13.7. The molecule has 0 aliphatic heterocycles. The molecule has 0 aliphatic rings. The molecular formula is C25H25N5O2. The van der Waals surface area contributed by atoms with Crippen molar-refractivity contribution in [3.63, 3.8) is 0 Å². The van der Waals surface area contributed by atoms with Crippen LogP contribution in [0.15, 0.2) is 59.4 Å². The van der Waals surface area contributed by atoms with E-state index in [-0.39, 0.29) is 5.56 Å². The summed E-state index contributed by atoms with van der Waals surface area (Å²) in [5.41, 5.74) is 4.55. The van der Waals surface area contributed by atoms with Gasteiger partial charge in [0.2, 0.25) is 0 Å². The van der Waals surface area contributed by atoms with Gasteiger partial charge in [0.25, 0.3) is 5.56 Å². The van der Waals surface area contributed by atoms with Crippen LogP contribution in [-0.4, -0.2) is 37.8 Å². The van der Waals surface area contributed by atoms with E-state index in [9.17, 15) is 4.79 Å². The van der Waals surface area contributed by atoms with Crippen molar-refractivity contribution in [2.75, 3.05) is 13.7 Å². The maximum Gasteiger partial charge on any atom is 0.265 e. The number of methoxy groups -OCH3 is 1. The highest BCUT2D eigenvalue weighted by atomic mass is 16.5. The fraction of sp³-hybridized carbons (Fsp3) is 0.280. The summed E-state index contributed by atoms with van der Waals surface area (Å²) in [6.45, 7) is 3.74. The first kappa shape index (κ1) is 20.3. The Morgan fingerprint density at radius 1 is 0.875 bits per heavy atom. The zero-order valence-electron chi connectivity index (χ0n) is 18.3. The van der Waals surface area contributed by atoms with Crippen molar-refractivity contribution >= 4 is 33.2 Å². The van der Waals surface area contributed by atoms with Crippen LogP contribution in [-0.2, 0) is 24.2 Å². The Labute approximate surface area is 185 Å². The molecule has 7 nitrogen and oxygen atoms in total. The molecule has 32 heavy (non-hydrogen) atoms. The summed E-state index contributed by atoms with van der Waals surface area (Å²) in [5.74, 6) is 0.764. The number of aromatic nitrogens is 5. The number of para-hydroxylation sites is 2. The molecule has 0 spiro atoms. The molecule has 5 aromatic rings. The van der Waals surface area contributed by atoms with Crippen LogP contribution in [0.4, 0.5) is 0 Å². The van der Waals surface area contributed by atoms with E-state index in [4.69, 9.17) is 19.7 Å². The van der Waals surface area contributed by atoms with E-state index >= 15 is 0 Å². The van der Waals surface area contributed by atoms with E-state index in [1.54, 1.807) is 11.7 Å². The van der Waals surface area contributed by atoms with Crippen molar-refractivity contribution in [2.45, 2.75) is 32.9 Å². The molecule has 0 fully saturated rings. The molecule has 0 radical (unpaired) electrons. The van der Waals surface area contributed by atoms with Crippen LogP contribution in [0.3, 0.4) is 0 Å². The van der Waals surface area contributed by atoms with Crippen LogP contribution in [0.5, 0.6) is 0 Å². The number of nitrogens with zero attached hydrogens (tertiary/aromatic N) is 5. The quantitative estimate of drug-likeness (QED) is 0.368. The second-order valence-electron chi connectivity index (χ2n) is 7.84. The van der Waals surface area contributed by atoms with Crippen molar-refractivity contribution in [3.8, 4) is 0 Å². The zero-order valence-corrected chi connectivity index (χ0v) is 18.3. The fourth-order valence-corrected chi connectivity index (χ4v) is 4.22. The summed E-state index contributed by atoms with van der Waals surface area (Å²) in [5, 5.41) is 0.531. The SMILES string of the molecule is CCc1nc2c(c(=O)n1CCCOC)c1nc3ccccc3nc1n2Cc1ccccc1. The molecule has 7 heteroatoms. The molecule has 0 saturated carbocycles. The number of benzene rings is 2. The van der Waals surface area contributed by atoms with Gasteiger partial charge in [0.15, 0.2) is 11.3 Å². The van der Waals surface area contributed by atoms with Crippen LogP contribution in [0.25, 0.3) is 33.2 Å². The number of aryl methyl sites for hydroxylation is 1. The Hall–Kier alpha value is -3.58. The Bertz CT molecular complexity index is 1470. The topological polar surface area (TPSA) is 74.8 Å². The first-order chi connectivity index (χ1) is 15.7. The molecule has 5 rings (SSSR count). The lowest BCUT2D eigenvalue weighted by atomic mass is 10.2. The highest BCUT2D eigenvalue weighted by Crippen LogP contribution is 2.26. The molecule has 2 aromatic carbocycles. The van der Waals surface area contributed by atoms with Crippen molar-refractivity contribution in [1.82, 2.24) is 24.1 Å². The van der Waals surface area contributed by atoms with Gasteiger partial charge in [-0.25, -0.2) is 15.0 Å². The van der Waals surface area contributed by atoms with Crippen LogP contribution < -0.4 is 5.56 Å². The third-order valence-electron chi connectivity index (χ3n) is 5.76. The van der Waals surface area contributed by atoms with E-state index in [1.165, 1.54) is 0 Å². The second-order valence-corrected chi connectivity index (χ2v) is 7.84. The monoisotopic (exact) mass is 427 g/mol. The Balaban J connectivity index is 1.84. The smallest absolute Gasteiger partial charge is 0.265 e. The molecular weight excluding hydrogens is 402 g/mol. The Morgan fingerprint density at radius 2 is 1.59 bits per heavy atom. The minimum Gasteiger partial charge on any atom is -0.385 e. The van der Waals surface area contributed by atoms with E-state index in [0.717, 1.165) is 28.8 Å². The lowest BCUT2D eigenvalue weighted by Crippen LogP contribution is -2.26. The average molecular weight is 428 g/mol. The molecule has 3 heterocycles. The number of fused-ring (bicyclic) bond motifs is 4. The van der Waals surface area contributed by atoms with Gasteiger partial charge in [-0.15, -0.1) is 0 Å². The van der Waals surface area contributed by atoms with Crippen LogP contribution in [0.2, 0.25) is 0 Å². The summed E-state index contributed by atoms with van der Waals surface area (Å²) in [7, 11) is 1.67. The molecule has 0 saturated heterocycles. The van der Waals surface area contributed by atoms with Gasteiger partial charge in [-0.2, -0.15) is 0 Å². The molecule has 0 amide bonds. The van der Waals surface area contributed by atoms with Gasteiger partial charge >= 0.3 is 0 Å². The Kier molecular flexibility index (Phi) is 5.41. The first-order valence-electron chi connectivity index (χ1n) is 10.9. The number of hydrogen-bond donors (Lipinski definition) is 0. The van der Waals surface area contributed by atoms with Crippen LogP contribution >= 0.6 is 0 Å². The van der Waals surface area contributed by atoms with E-state index < -0.39 is 0 Å². The summed E-state index contributed by atoms with van der Waals surface area (Å²) < 4.78 is 8.99. The highest BCUT2D eigenvalue weighted by molar-refractivity contribution is 6.04. The lowest BCUT2D eigenvalue weighted by molar-refractivity contribution is 0.189.